The molecule has 1 aromatic rings. The second-order valence-electron chi connectivity index (χ2n) is 9.32. The maximum Gasteiger partial charge on any atom is 0.243 e. The van der Waals surface area contributed by atoms with Crippen molar-refractivity contribution in [2.45, 2.75) is 45.1 Å². The van der Waals surface area contributed by atoms with Crippen molar-refractivity contribution >= 4 is 35.6 Å². The molecule has 0 bridgehead atoms. The van der Waals surface area contributed by atoms with Crippen molar-refractivity contribution in [2.24, 2.45) is 17.8 Å². The summed E-state index contributed by atoms with van der Waals surface area (Å²) in [4.78, 5) is 35.6. The number of anilines is 2. The fourth-order valence-corrected chi connectivity index (χ4v) is 5.07. The van der Waals surface area contributed by atoms with E-state index in [2.05, 4.69) is 32.6 Å². The quantitative estimate of drug-likeness (QED) is 0.200. The number of nitrogens with zero attached hydrogens (tertiary/aromatic N) is 5. The van der Waals surface area contributed by atoms with Crippen molar-refractivity contribution < 1.29 is 19.2 Å². The van der Waals surface area contributed by atoms with Crippen LogP contribution in [0.5, 0.6) is 0 Å². The van der Waals surface area contributed by atoms with E-state index in [0.29, 0.717) is 36.4 Å². The Balaban J connectivity index is 1.70. The minimum atomic E-state index is -0.713. The number of likely N-dealkylation sites (N-methyl/N-ethyl adjacent to an activating group) is 1. The molecule has 1 saturated heterocycles. The number of nitrogens with one attached hydrogen (secondary N) is 2. The lowest BCUT2D eigenvalue weighted by Gasteiger charge is -2.24. The van der Waals surface area contributed by atoms with Crippen molar-refractivity contribution in [1.82, 2.24) is 25.4 Å². The lowest BCUT2D eigenvalue weighted by molar-refractivity contribution is -0.154. The molecule has 1 aromatic heterocycles. The van der Waals surface area contributed by atoms with E-state index in [9.17, 15) is 14.8 Å². The lowest BCUT2D eigenvalue weighted by Crippen LogP contribution is -2.41. The molecule has 12 heteroatoms. The van der Waals surface area contributed by atoms with Crippen molar-refractivity contribution in [3.63, 3.8) is 0 Å². The Morgan fingerprint density at radius 2 is 2.03 bits per heavy atom. The SMILES string of the molecule is CC1CN(c2nc(Cl)nc(NNC(=O)[C@H](CC3CCCC3)CN(O)C=O)c2F)CC1N(C)C. The second kappa shape index (κ2) is 11.3. The van der Waals surface area contributed by atoms with E-state index in [1.807, 2.05) is 19.0 Å². The van der Waals surface area contributed by atoms with Gasteiger partial charge in [-0.3, -0.25) is 25.6 Å². The van der Waals surface area contributed by atoms with Gasteiger partial charge < -0.3 is 9.80 Å². The molecule has 3 N–H and O–H groups in total. The average molecular weight is 486 g/mol. The normalized spacial score (nSPS) is 22.0. The van der Waals surface area contributed by atoms with Crippen LogP contribution in [-0.4, -0.2) is 77.2 Å². The summed E-state index contributed by atoms with van der Waals surface area (Å²) in [5, 5.41) is 9.92. The molecule has 2 heterocycles. The highest BCUT2D eigenvalue weighted by molar-refractivity contribution is 6.28. The van der Waals surface area contributed by atoms with E-state index in [-0.39, 0.29) is 35.9 Å². The van der Waals surface area contributed by atoms with Crippen LogP contribution < -0.4 is 15.8 Å². The predicted molar refractivity (Wildman–Crippen MR) is 122 cm³/mol. The lowest BCUT2D eigenvalue weighted by atomic mass is 9.92. The first kappa shape index (κ1) is 25.4. The minimum absolute atomic E-state index is 0.0768. The van der Waals surface area contributed by atoms with Gasteiger partial charge in [0.2, 0.25) is 23.4 Å². The number of halogens is 2. The van der Waals surface area contributed by atoms with Gasteiger partial charge in [0.15, 0.2) is 11.6 Å². The number of aromatic nitrogens is 2. The fourth-order valence-electron chi connectivity index (χ4n) is 4.90. The maximum absolute atomic E-state index is 15.3. The average Bonchev–Trinajstić information content (AvgIpc) is 3.42. The largest absolute Gasteiger partial charge is 0.352 e. The predicted octanol–water partition coefficient (Wildman–Crippen LogP) is 2.14. The van der Waals surface area contributed by atoms with Crippen LogP contribution in [0.3, 0.4) is 0 Å². The summed E-state index contributed by atoms with van der Waals surface area (Å²) in [6.45, 7) is 3.15. The maximum atomic E-state index is 15.3. The molecular formula is C21H33ClFN7O3. The Bertz CT molecular complexity index is 840. The summed E-state index contributed by atoms with van der Waals surface area (Å²) in [7, 11) is 3.97. The molecule has 0 radical (unpaired) electrons. The van der Waals surface area contributed by atoms with Gasteiger partial charge in [-0.1, -0.05) is 32.6 Å². The van der Waals surface area contributed by atoms with Crippen molar-refractivity contribution in [3.8, 4) is 0 Å². The first-order valence-electron chi connectivity index (χ1n) is 11.3. The molecule has 2 unspecified atom stereocenters. The van der Waals surface area contributed by atoms with E-state index in [1.54, 1.807) is 0 Å². The zero-order chi connectivity index (χ0) is 24.1. The molecule has 2 aliphatic rings. The summed E-state index contributed by atoms with van der Waals surface area (Å²) >= 11 is 6.06. The number of rotatable bonds is 10. The van der Waals surface area contributed by atoms with Crippen LogP contribution in [0.1, 0.15) is 39.0 Å². The van der Waals surface area contributed by atoms with E-state index >= 15 is 4.39 Å². The molecule has 1 saturated carbocycles. The van der Waals surface area contributed by atoms with Crippen molar-refractivity contribution in [2.75, 3.05) is 44.1 Å². The van der Waals surface area contributed by atoms with Gasteiger partial charge in [-0.05, 0) is 44.0 Å². The van der Waals surface area contributed by atoms with Crippen LogP contribution in [0.15, 0.2) is 0 Å². The molecule has 3 rings (SSSR count). The highest BCUT2D eigenvalue weighted by Gasteiger charge is 2.34. The van der Waals surface area contributed by atoms with Gasteiger partial charge in [-0.2, -0.15) is 14.4 Å². The zero-order valence-electron chi connectivity index (χ0n) is 19.3. The molecule has 0 spiro atoms. The Labute approximate surface area is 198 Å². The van der Waals surface area contributed by atoms with Crippen LogP contribution in [-0.2, 0) is 9.59 Å². The molecule has 10 nitrogen and oxygen atoms in total. The highest BCUT2D eigenvalue weighted by atomic mass is 35.5. The molecule has 2 amide bonds. The number of carbonyl (C=O) groups is 2. The van der Waals surface area contributed by atoms with E-state index < -0.39 is 17.6 Å². The fraction of sp³-hybridized carbons (Fsp3) is 0.714. The van der Waals surface area contributed by atoms with Gasteiger partial charge >= 0.3 is 0 Å². The Morgan fingerprint density at radius 3 is 2.64 bits per heavy atom. The molecular weight excluding hydrogens is 453 g/mol. The van der Waals surface area contributed by atoms with Crippen LogP contribution in [0.25, 0.3) is 0 Å². The van der Waals surface area contributed by atoms with Crippen LogP contribution >= 0.6 is 11.6 Å². The zero-order valence-corrected chi connectivity index (χ0v) is 20.1. The molecule has 0 aromatic carbocycles. The number of hydrogen-bond acceptors (Lipinski definition) is 8. The third kappa shape index (κ3) is 6.42. The van der Waals surface area contributed by atoms with Crippen LogP contribution in [0.2, 0.25) is 5.28 Å². The monoisotopic (exact) mass is 485 g/mol. The first-order valence-corrected chi connectivity index (χ1v) is 11.7. The Kier molecular flexibility index (Phi) is 8.66. The molecule has 1 aliphatic carbocycles. The van der Waals surface area contributed by atoms with Crippen molar-refractivity contribution in [3.05, 3.63) is 11.1 Å². The molecule has 3 atom stereocenters. The standard InChI is InChI=1S/C21H33ClFN7O3/c1-13-9-29(11-16(13)28(2)3)19-17(23)18(24-21(22)25-19)26-27-20(32)15(10-30(33)12-31)8-14-6-4-5-7-14/h12-16,33H,4-11H2,1-3H3,(H,27,32)(H,24,25,26)/t13?,15-,16?/m1/s1. The third-order valence-corrected chi connectivity index (χ3v) is 6.81. The summed E-state index contributed by atoms with van der Waals surface area (Å²) in [5.74, 6) is -1.35. The topological polar surface area (TPSA) is 114 Å². The van der Waals surface area contributed by atoms with Crippen LogP contribution in [0, 0.1) is 23.6 Å². The van der Waals surface area contributed by atoms with Gasteiger partial charge in [0.1, 0.15) is 0 Å². The number of carbonyl (C=O) groups excluding carboxylic acids is 2. The summed E-state index contributed by atoms with van der Waals surface area (Å²) < 4.78 is 15.3. The Hall–Kier alpha value is -2.24. The van der Waals surface area contributed by atoms with Crippen LogP contribution in [0.4, 0.5) is 16.0 Å². The second-order valence-corrected chi connectivity index (χ2v) is 9.65. The number of hydrazine groups is 1. The summed E-state index contributed by atoms with van der Waals surface area (Å²) in [5.41, 5.74) is 4.99. The smallest absolute Gasteiger partial charge is 0.243 e. The van der Waals surface area contributed by atoms with Gasteiger partial charge in [-0.15, -0.1) is 0 Å². The number of hydrogen-bond donors (Lipinski definition) is 3. The third-order valence-electron chi connectivity index (χ3n) is 6.64. The number of amides is 2. The molecule has 1 aliphatic heterocycles. The van der Waals surface area contributed by atoms with Gasteiger partial charge in [0.05, 0.1) is 12.5 Å². The first-order chi connectivity index (χ1) is 15.7. The van der Waals surface area contributed by atoms with Gasteiger partial charge in [0.25, 0.3) is 0 Å². The van der Waals surface area contributed by atoms with Crippen molar-refractivity contribution in [1.29, 1.82) is 0 Å². The summed E-state index contributed by atoms with van der Waals surface area (Å²) in [6, 6.07) is 0.241. The molecule has 2 fully saturated rings. The number of hydroxylamine groups is 2. The van der Waals surface area contributed by atoms with E-state index in [4.69, 9.17) is 11.6 Å². The van der Waals surface area contributed by atoms with E-state index in [0.717, 1.165) is 25.7 Å². The summed E-state index contributed by atoms with van der Waals surface area (Å²) in [6.07, 6.45) is 5.00. The van der Waals surface area contributed by atoms with Gasteiger partial charge in [0, 0.05) is 19.1 Å². The molecule has 184 valence electrons. The minimum Gasteiger partial charge on any atom is -0.352 e. The van der Waals surface area contributed by atoms with E-state index in [1.165, 1.54) is 0 Å². The Morgan fingerprint density at radius 1 is 1.33 bits per heavy atom. The molecule has 33 heavy (non-hydrogen) atoms. The van der Waals surface area contributed by atoms with Gasteiger partial charge in [-0.25, -0.2) is 5.06 Å². The highest BCUT2D eigenvalue weighted by Crippen LogP contribution is 2.32.